The van der Waals surface area contributed by atoms with Crippen LogP contribution in [-0.2, 0) is 19.9 Å². The van der Waals surface area contributed by atoms with E-state index in [4.69, 9.17) is 27.9 Å². The third-order valence-electron chi connectivity index (χ3n) is 7.34. The van der Waals surface area contributed by atoms with Crippen molar-refractivity contribution in [1.82, 2.24) is 4.90 Å². The largest absolute Gasteiger partial charge is 0.495 e. The first-order valence-corrected chi connectivity index (χ1v) is 11.2. The highest BCUT2D eigenvalue weighted by Crippen LogP contribution is 2.61. The molecule has 3 saturated heterocycles. The average Bonchev–Trinajstić information content (AvgIpc) is 3.46. The second-order valence-corrected chi connectivity index (χ2v) is 9.52. The van der Waals surface area contributed by atoms with Crippen LogP contribution in [0.2, 0.25) is 10.0 Å². The summed E-state index contributed by atoms with van der Waals surface area (Å²) < 4.78 is 5.42. The number of fused-ring (bicyclic) bond motifs is 7. The Balaban J connectivity index is 1.57. The third kappa shape index (κ3) is 2.28. The number of carbonyl (C=O) groups is 3. The SMILES string of the molecule is COc1ccc(Cl)cc1N1C(=O)[C@@H]2[C@@H](C1=O)[C@]1(C(=O)Nc3ccc(Cl)cc31)N1CCC[C@@H]21. The number of amides is 3. The highest BCUT2D eigenvalue weighted by molar-refractivity contribution is 6.32. The molecule has 0 bridgehead atoms. The predicted octanol–water partition coefficient (Wildman–Crippen LogP) is 3.43. The fourth-order valence-corrected chi connectivity index (χ4v) is 6.59. The molecule has 6 rings (SSSR count). The van der Waals surface area contributed by atoms with E-state index >= 15 is 0 Å². The van der Waals surface area contributed by atoms with Crippen molar-refractivity contribution in [2.75, 3.05) is 23.9 Å². The van der Waals surface area contributed by atoms with Crippen LogP contribution in [0.15, 0.2) is 36.4 Å². The number of ether oxygens (including phenoxy) is 1. The van der Waals surface area contributed by atoms with E-state index in [2.05, 4.69) is 10.2 Å². The van der Waals surface area contributed by atoms with Crippen LogP contribution in [0, 0.1) is 11.8 Å². The van der Waals surface area contributed by atoms with Gasteiger partial charge >= 0.3 is 0 Å². The van der Waals surface area contributed by atoms with Crippen molar-refractivity contribution < 1.29 is 19.1 Å². The van der Waals surface area contributed by atoms with Crippen molar-refractivity contribution in [3.05, 3.63) is 52.0 Å². The maximum atomic E-state index is 14.0. The van der Waals surface area contributed by atoms with Gasteiger partial charge in [-0.2, -0.15) is 0 Å². The lowest BCUT2D eigenvalue weighted by Gasteiger charge is -2.36. The predicted molar refractivity (Wildman–Crippen MR) is 119 cm³/mol. The van der Waals surface area contributed by atoms with Gasteiger partial charge in [-0.1, -0.05) is 23.2 Å². The number of benzene rings is 2. The van der Waals surface area contributed by atoms with E-state index < -0.39 is 23.3 Å². The van der Waals surface area contributed by atoms with E-state index in [9.17, 15) is 14.4 Å². The Morgan fingerprint density at radius 2 is 1.81 bits per heavy atom. The molecule has 3 fully saturated rings. The van der Waals surface area contributed by atoms with E-state index in [1.165, 1.54) is 7.11 Å². The van der Waals surface area contributed by atoms with Crippen molar-refractivity contribution in [3.8, 4) is 5.75 Å². The molecular weight excluding hydrogens is 453 g/mol. The zero-order valence-corrected chi connectivity index (χ0v) is 18.6. The number of methoxy groups -OCH3 is 1. The highest BCUT2D eigenvalue weighted by Gasteiger charge is 2.74. The Hall–Kier alpha value is -2.61. The van der Waals surface area contributed by atoms with Crippen LogP contribution >= 0.6 is 23.2 Å². The summed E-state index contributed by atoms with van der Waals surface area (Å²) in [6, 6.07) is 9.81. The molecule has 0 aliphatic carbocycles. The van der Waals surface area contributed by atoms with Gasteiger partial charge in [0.05, 0.1) is 24.6 Å². The molecule has 0 radical (unpaired) electrons. The van der Waals surface area contributed by atoms with E-state index in [1.807, 2.05) is 0 Å². The minimum Gasteiger partial charge on any atom is -0.495 e. The lowest BCUT2D eigenvalue weighted by atomic mass is 9.75. The summed E-state index contributed by atoms with van der Waals surface area (Å²) in [5.41, 5.74) is 0.327. The van der Waals surface area contributed by atoms with Gasteiger partial charge in [-0.15, -0.1) is 0 Å². The van der Waals surface area contributed by atoms with Crippen LogP contribution in [0.25, 0.3) is 0 Å². The van der Waals surface area contributed by atoms with Crippen LogP contribution in [-0.4, -0.2) is 42.3 Å². The first-order valence-electron chi connectivity index (χ1n) is 10.5. The molecule has 0 unspecified atom stereocenters. The molecule has 1 spiro atoms. The van der Waals surface area contributed by atoms with E-state index in [1.54, 1.807) is 36.4 Å². The maximum Gasteiger partial charge on any atom is 0.250 e. The number of halogens is 2. The maximum absolute atomic E-state index is 14.0. The fourth-order valence-electron chi connectivity index (χ4n) is 6.25. The van der Waals surface area contributed by atoms with E-state index in [-0.39, 0.29) is 17.9 Å². The molecule has 164 valence electrons. The molecule has 0 saturated carbocycles. The molecule has 7 nitrogen and oxygen atoms in total. The molecule has 32 heavy (non-hydrogen) atoms. The highest BCUT2D eigenvalue weighted by atomic mass is 35.5. The van der Waals surface area contributed by atoms with Crippen molar-refractivity contribution in [2.24, 2.45) is 11.8 Å². The normalized spacial score (nSPS) is 30.7. The van der Waals surface area contributed by atoms with Crippen LogP contribution in [0.1, 0.15) is 18.4 Å². The Labute approximate surface area is 194 Å². The molecule has 4 atom stereocenters. The van der Waals surface area contributed by atoms with Gasteiger partial charge in [0.1, 0.15) is 11.3 Å². The second kappa shape index (κ2) is 6.70. The van der Waals surface area contributed by atoms with Gasteiger partial charge < -0.3 is 10.1 Å². The smallest absolute Gasteiger partial charge is 0.250 e. The zero-order chi connectivity index (χ0) is 22.4. The molecule has 2 aromatic carbocycles. The summed E-state index contributed by atoms with van der Waals surface area (Å²) in [5, 5.41) is 3.79. The zero-order valence-electron chi connectivity index (χ0n) is 17.1. The summed E-state index contributed by atoms with van der Waals surface area (Å²) in [4.78, 5) is 44.6. The van der Waals surface area contributed by atoms with E-state index in [0.717, 1.165) is 17.7 Å². The monoisotopic (exact) mass is 471 g/mol. The van der Waals surface area contributed by atoms with Gasteiger partial charge in [0.2, 0.25) is 17.7 Å². The van der Waals surface area contributed by atoms with Crippen molar-refractivity contribution in [1.29, 1.82) is 0 Å². The van der Waals surface area contributed by atoms with Gasteiger partial charge in [0.15, 0.2) is 0 Å². The quantitative estimate of drug-likeness (QED) is 0.678. The lowest BCUT2D eigenvalue weighted by molar-refractivity contribution is -0.135. The lowest BCUT2D eigenvalue weighted by Crippen LogP contribution is -2.54. The first kappa shape index (κ1) is 20.0. The van der Waals surface area contributed by atoms with Crippen molar-refractivity contribution in [3.63, 3.8) is 0 Å². The number of hydrogen-bond acceptors (Lipinski definition) is 5. The van der Waals surface area contributed by atoms with Crippen LogP contribution in [0.3, 0.4) is 0 Å². The molecule has 3 amide bonds. The molecule has 9 heteroatoms. The Bertz CT molecular complexity index is 1220. The third-order valence-corrected chi connectivity index (χ3v) is 7.81. The molecule has 4 heterocycles. The summed E-state index contributed by atoms with van der Waals surface area (Å²) >= 11 is 12.5. The van der Waals surface area contributed by atoms with E-state index in [0.29, 0.717) is 39.3 Å². The van der Waals surface area contributed by atoms with Gasteiger partial charge in [-0.05, 0) is 55.8 Å². The number of nitrogens with zero attached hydrogens (tertiary/aromatic N) is 2. The fraction of sp³-hybridized carbons (Fsp3) is 0.348. The first-order chi connectivity index (χ1) is 15.4. The van der Waals surface area contributed by atoms with Gasteiger partial charge in [0.25, 0.3) is 0 Å². The average molecular weight is 472 g/mol. The topological polar surface area (TPSA) is 78.9 Å². The number of imide groups is 1. The molecule has 4 aliphatic rings. The molecule has 1 N–H and O–H groups in total. The van der Waals surface area contributed by atoms with Crippen LogP contribution < -0.4 is 15.0 Å². The van der Waals surface area contributed by atoms with Crippen LogP contribution in [0.5, 0.6) is 5.75 Å². The van der Waals surface area contributed by atoms with Crippen LogP contribution in [0.4, 0.5) is 11.4 Å². The summed E-state index contributed by atoms with van der Waals surface area (Å²) in [5.74, 6) is -2.15. The second-order valence-electron chi connectivity index (χ2n) is 8.64. The molecule has 2 aromatic rings. The number of anilines is 2. The minimum atomic E-state index is -1.26. The summed E-state index contributed by atoms with van der Waals surface area (Å²) in [7, 11) is 1.47. The standard InChI is InChI=1S/C23H19Cl2N3O4/c1-32-17-7-5-12(25)10-16(17)28-20(29)18-15-3-2-8-27(15)23(19(18)21(28)30)13-9-11(24)4-6-14(13)26-22(23)31/h4-7,9-10,15,18-19H,2-3,8H2,1H3,(H,26,31)/t15-,18-,19-,23+/m0/s1. The Morgan fingerprint density at radius 3 is 2.59 bits per heavy atom. The van der Waals surface area contributed by atoms with Crippen molar-refractivity contribution >= 4 is 52.3 Å². The number of nitrogens with one attached hydrogen (secondary N) is 1. The van der Waals surface area contributed by atoms with Crippen molar-refractivity contribution in [2.45, 2.75) is 24.4 Å². The minimum absolute atomic E-state index is 0.206. The number of hydrogen-bond donors (Lipinski definition) is 1. The number of carbonyl (C=O) groups excluding carboxylic acids is 3. The molecule has 0 aromatic heterocycles. The summed E-state index contributed by atoms with van der Waals surface area (Å²) in [6.45, 7) is 0.637. The van der Waals surface area contributed by atoms with Gasteiger partial charge in [-0.3, -0.25) is 19.3 Å². The van der Waals surface area contributed by atoms with Gasteiger partial charge in [0, 0.05) is 27.3 Å². The van der Waals surface area contributed by atoms with Gasteiger partial charge in [-0.25, -0.2) is 4.90 Å². The number of rotatable bonds is 2. The Kier molecular flexibility index (Phi) is 4.19. The summed E-state index contributed by atoms with van der Waals surface area (Å²) in [6.07, 6.45) is 1.59. The molecular formula is C23H19Cl2N3O4. The molecule has 4 aliphatic heterocycles. The Morgan fingerprint density at radius 1 is 1.06 bits per heavy atom.